The highest BCUT2D eigenvalue weighted by molar-refractivity contribution is 6.02. The fourth-order valence-electron chi connectivity index (χ4n) is 2.43. The number of carbonyl (C=O) groups is 3. The normalized spacial score (nSPS) is 12.8. The van der Waals surface area contributed by atoms with Gasteiger partial charge in [-0.15, -0.1) is 0 Å². The molecule has 0 fully saturated rings. The second-order valence-electron chi connectivity index (χ2n) is 7.38. The molecule has 1 rings (SSSR count). The summed E-state index contributed by atoms with van der Waals surface area (Å²) in [6.07, 6.45) is 1.33. The summed E-state index contributed by atoms with van der Waals surface area (Å²) in [6.45, 7) is 9.88. The quantitative estimate of drug-likeness (QED) is 0.439. The van der Waals surface area contributed by atoms with Crippen molar-refractivity contribution in [1.82, 2.24) is 20.9 Å². The molecule has 9 heteroatoms. The monoisotopic (exact) mass is 408 g/mol. The predicted molar refractivity (Wildman–Crippen MR) is 106 cm³/mol. The number of rotatable bonds is 10. The van der Waals surface area contributed by atoms with Gasteiger partial charge < -0.3 is 21.1 Å². The van der Waals surface area contributed by atoms with E-state index in [4.69, 9.17) is 0 Å². The summed E-state index contributed by atoms with van der Waals surface area (Å²) >= 11 is 0. The Labute approximate surface area is 170 Å². The molecule has 0 aliphatic carbocycles. The van der Waals surface area contributed by atoms with Crippen LogP contribution in [-0.4, -0.2) is 40.5 Å². The second-order valence-corrected chi connectivity index (χ2v) is 7.38. The van der Waals surface area contributed by atoms with Crippen LogP contribution < -0.4 is 16.0 Å². The van der Waals surface area contributed by atoms with Gasteiger partial charge in [-0.1, -0.05) is 33.8 Å². The highest BCUT2D eigenvalue weighted by Crippen LogP contribution is 2.07. The summed E-state index contributed by atoms with van der Waals surface area (Å²) in [6, 6.07) is 1.09. The van der Waals surface area contributed by atoms with Gasteiger partial charge in [0.05, 0.1) is 5.69 Å². The van der Waals surface area contributed by atoms with Gasteiger partial charge in [-0.2, -0.15) is 0 Å². The van der Waals surface area contributed by atoms with Gasteiger partial charge in [-0.3, -0.25) is 9.59 Å². The minimum Gasteiger partial charge on any atom is -0.480 e. The van der Waals surface area contributed by atoms with Crippen LogP contribution in [0, 0.1) is 17.7 Å². The standard InChI is InChI=1S/C20H29FN4O4/c1-6-15(18(26)25-17(12(4)5)20(28)29)24-19(27)16-8-13(21)7-14(23-16)10-22-9-11(2)3/h6-8,11-12,17,22H,9-10H2,1-5H3,(H,24,27)(H,25,26)(H,28,29)/b15-6-/t17-/m0/s1. The third-order valence-electron chi connectivity index (χ3n) is 3.94. The molecule has 8 nitrogen and oxygen atoms in total. The minimum atomic E-state index is -1.18. The van der Waals surface area contributed by atoms with Crippen LogP contribution in [0.1, 0.15) is 50.8 Å². The van der Waals surface area contributed by atoms with Crippen molar-refractivity contribution in [3.05, 3.63) is 41.1 Å². The van der Waals surface area contributed by atoms with Crippen molar-refractivity contribution in [3.8, 4) is 0 Å². The molecule has 0 bridgehead atoms. The molecule has 0 aromatic carbocycles. The predicted octanol–water partition coefficient (Wildman–Crippen LogP) is 1.83. The van der Waals surface area contributed by atoms with Gasteiger partial charge in [0, 0.05) is 12.6 Å². The molecule has 4 N–H and O–H groups in total. The molecular formula is C20H29FN4O4. The summed E-state index contributed by atoms with van der Waals surface area (Å²) in [4.78, 5) is 40.2. The molecule has 1 heterocycles. The molecule has 0 aliphatic rings. The fourth-order valence-corrected chi connectivity index (χ4v) is 2.43. The number of aromatic nitrogens is 1. The first-order chi connectivity index (χ1) is 13.5. The zero-order valence-electron chi connectivity index (χ0n) is 17.4. The van der Waals surface area contributed by atoms with Gasteiger partial charge in [-0.25, -0.2) is 14.2 Å². The van der Waals surface area contributed by atoms with E-state index in [1.54, 1.807) is 13.8 Å². The topological polar surface area (TPSA) is 120 Å². The smallest absolute Gasteiger partial charge is 0.326 e. The van der Waals surface area contributed by atoms with Gasteiger partial charge >= 0.3 is 5.97 Å². The number of hydrogen-bond acceptors (Lipinski definition) is 5. The van der Waals surface area contributed by atoms with Crippen LogP contribution in [0.5, 0.6) is 0 Å². The van der Waals surface area contributed by atoms with Crippen LogP contribution in [0.4, 0.5) is 4.39 Å². The zero-order valence-corrected chi connectivity index (χ0v) is 17.4. The lowest BCUT2D eigenvalue weighted by atomic mass is 10.0. The summed E-state index contributed by atoms with van der Waals surface area (Å²) in [5, 5.41) is 17.0. The zero-order chi connectivity index (χ0) is 22.1. The number of nitrogens with one attached hydrogen (secondary N) is 3. The van der Waals surface area contributed by atoms with Crippen molar-refractivity contribution in [1.29, 1.82) is 0 Å². The molecule has 0 saturated heterocycles. The van der Waals surface area contributed by atoms with E-state index in [0.29, 0.717) is 24.7 Å². The largest absolute Gasteiger partial charge is 0.480 e. The number of carboxylic acid groups (broad SMARTS) is 1. The van der Waals surface area contributed by atoms with Crippen LogP contribution in [0.15, 0.2) is 23.9 Å². The summed E-state index contributed by atoms with van der Waals surface area (Å²) in [5.41, 5.74) is 0.0256. The Kier molecular flexibility index (Phi) is 9.40. The first-order valence-corrected chi connectivity index (χ1v) is 9.43. The average molecular weight is 408 g/mol. The lowest BCUT2D eigenvalue weighted by Crippen LogP contribution is -2.47. The molecule has 0 saturated carbocycles. The Bertz CT molecular complexity index is 778. The lowest BCUT2D eigenvalue weighted by molar-refractivity contribution is -0.142. The Morgan fingerprint density at radius 2 is 1.86 bits per heavy atom. The molecule has 2 amide bonds. The van der Waals surface area contributed by atoms with Crippen LogP contribution in [0.25, 0.3) is 0 Å². The number of allylic oxidation sites excluding steroid dienone is 1. The maximum atomic E-state index is 13.9. The SMILES string of the molecule is C/C=C(\NC(=O)c1cc(F)cc(CNCC(C)C)n1)C(=O)N[C@H](C(=O)O)C(C)C. The van der Waals surface area contributed by atoms with E-state index in [1.807, 2.05) is 13.8 Å². The maximum absolute atomic E-state index is 13.9. The molecule has 0 spiro atoms. The second kappa shape index (κ2) is 11.3. The minimum absolute atomic E-state index is 0.146. The molecule has 1 aromatic heterocycles. The van der Waals surface area contributed by atoms with Gasteiger partial charge in [0.2, 0.25) is 0 Å². The van der Waals surface area contributed by atoms with E-state index < -0.39 is 29.6 Å². The molecular weight excluding hydrogens is 379 g/mol. The number of carbonyl (C=O) groups excluding carboxylic acids is 2. The maximum Gasteiger partial charge on any atom is 0.326 e. The van der Waals surface area contributed by atoms with Gasteiger partial charge in [-0.05, 0) is 31.4 Å². The van der Waals surface area contributed by atoms with Crippen molar-refractivity contribution in [2.75, 3.05) is 6.54 Å². The third kappa shape index (κ3) is 7.98. The number of amides is 2. The van der Waals surface area contributed by atoms with Crippen molar-refractivity contribution in [2.24, 2.45) is 11.8 Å². The highest BCUT2D eigenvalue weighted by atomic mass is 19.1. The Morgan fingerprint density at radius 3 is 2.38 bits per heavy atom. The highest BCUT2D eigenvalue weighted by Gasteiger charge is 2.25. The van der Waals surface area contributed by atoms with E-state index in [1.165, 1.54) is 19.1 Å². The van der Waals surface area contributed by atoms with Crippen molar-refractivity contribution >= 4 is 17.8 Å². The Morgan fingerprint density at radius 1 is 1.21 bits per heavy atom. The summed E-state index contributed by atoms with van der Waals surface area (Å²) in [7, 11) is 0. The fraction of sp³-hybridized carbons (Fsp3) is 0.500. The summed E-state index contributed by atoms with van der Waals surface area (Å²) in [5.74, 6) is -3.27. The van der Waals surface area contributed by atoms with E-state index in [-0.39, 0.29) is 17.3 Å². The molecule has 1 atom stereocenters. The van der Waals surface area contributed by atoms with E-state index in [0.717, 1.165) is 6.07 Å². The number of hydrogen-bond donors (Lipinski definition) is 4. The van der Waals surface area contributed by atoms with Gasteiger partial charge in [0.25, 0.3) is 11.8 Å². The molecule has 29 heavy (non-hydrogen) atoms. The molecule has 0 unspecified atom stereocenters. The lowest BCUT2D eigenvalue weighted by Gasteiger charge is -2.19. The van der Waals surface area contributed by atoms with E-state index in [9.17, 15) is 23.9 Å². The number of nitrogens with zero attached hydrogens (tertiary/aromatic N) is 1. The van der Waals surface area contributed by atoms with Crippen LogP contribution in [-0.2, 0) is 16.1 Å². The Balaban J connectivity index is 2.88. The molecule has 0 aliphatic heterocycles. The van der Waals surface area contributed by atoms with Crippen molar-refractivity contribution < 1.29 is 23.9 Å². The van der Waals surface area contributed by atoms with Crippen LogP contribution >= 0.6 is 0 Å². The van der Waals surface area contributed by atoms with E-state index >= 15 is 0 Å². The first-order valence-electron chi connectivity index (χ1n) is 9.43. The first kappa shape index (κ1) is 24.2. The number of pyridine rings is 1. The third-order valence-corrected chi connectivity index (χ3v) is 3.94. The van der Waals surface area contributed by atoms with Crippen molar-refractivity contribution in [2.45, 2.75) is 47.2 Å². The van der Waals surface area contributed by atoms with Crippen LogP contribution in [0.2, 0.25) is 0 Å². The van der Waals surface area contributed by atoms with Crippen LogP contribution in [0.3, 0.4) is 0 Å². The number of halogens is 1. The Hall–Kier alpha value is -2.81. The number of carboxylic acids is 1. The molecule has 1 aromatic rings. The number of aliphatic carboxylic acids is 1. The van der Waals surface area contributed by atoms with Crippen molar-refractivity contribution in [3.63, 3.8) is 0 Å². The average Bonchev–Trinajstić information content (AvgIpc) is 2.62. The molecule has 0 radical (unpaired) electrons. The van der Waals surface area contributed by atoms with Gasteiger partial charge in [0.15, 0.2) is 0 Å². The van der Waals surface area contributed by atoms with E-state index in [2.05, 4.69) is 20.9 Å². The molecule has 160 valence electrons. The van der Waals surface area contributed by atoms with Gasteiger partial charge in [0.1, 0.15) is 23.3 Å². The summed E-state index contributed by atoms with van der Waals surface area (Å²) < 4.78 is 13.9.